The summed E-state index contributed by atoms with van der Waals surface area (Å²) in [5.41, 5.74) is 0.924. The number of carbonyl (C=O) groups is 2. The van der Waals surface area contributed by atoms with Gasteiger partial charge in [0.25, 0.3) is 0 Å². The van der Waals surface area contributed by atoms with Gasteiger partial charge >= 0.3 is 5.97 Å². The van der Waals surface area contributed by atoms with E-state index >= 15 is 0 Å². The highest BCUT2D eigenvalue weighted by atomic mass is 16.5. The molecule has 1 rings (SSSR count). The zero-order valence-corrected chi connectivity index (χ0v) is 12.5. The molecule has 1 unspecified atom stereocenters. The van der Waals surface area contributed by atoms with E-state index in [1.807, 2.05) is 12.1 Å². The molecule has 0 aliphatic rings. The van der Waals surface area contributed by atoms with Crippen molar-refractivity contribution in [3.63, 3.8) is 0 Å². The van der Waals surface area contributed by atoms with Crippen molar-refractivity contribution in [2.24, 2.45) is 5.92 Å². The molecule has 0 aromatic heterocycles. The zero-order chi connectivity index (χ0) is 15.8. The van der Waals surface area contributed by atoms with Crippen LogP contribution in [0.1, 0.15) is 18.9 Å². The summed E-state index contributed by atoms with van der Waals surface area (Å²) in [6, 6.07) is 5.45. The number of aryl methyl sites for hydroxylation is 1. The lowest BCUT2D eigenvalue weighted by Gasteiger charge is -2.10. The third kappa shape index (κ3) is 5.72. The molecule has 0 radical (unpaired) electrons. The second-order valence-corrected chi connectivity index (χ2v) is 4.76. The van der Waals surface area contributed by atoms with E-state index in [1.165, 1.54) is 0 Å². The van der Waals surface area contributed by atoms with E-state index in [1.54, 1.807) is 27.2 Å². The highest BCUT2D eigenvalue weighted by Crippen LogP contribution is 2.23. The molecule has 6 heteroatoms. The quantitative estimate of drug-likeness (QED) is 0.758. The third-order valence-electron chi connectivity index (χ3n) is 3.08. The average molecular weight is 295 g/mol. The smallest absolute Gasteiger partial charge is 0.308 e. The molecule has 1 atom stereocenters. The minimum atomic E-state index is -0.923. The van der Waals surface area contributed by atoms with Crippen molar-refractivity contribution in [1.29, 1.82) is 0 Å². The molecule has 6 nitrogen and oxygen atoms in total. The van der Waals surface area contributed by atoms with E-state index in [2.05, 4.69) is 5.32 Å². The zero-order valence-electron chi connectivity index (χ0n) is 12.5. The van der Waals surface area contributed by atoms with Gasteiger partial charge in [-0.2, -0.15) is 0 Å². The fourth-order valence-electron chi connectivity index (χ4n) is 1.71. The number of nitrogens with one attached hydrogen (secondary N) is 1. The van der Waals surface area contributed by atoms with Crippen molar-refractivity contribution in [3.8, 4) is 11.5 Å². The van der Waals surface area contributed by atoms with Gasteiger partial charge < -0.3 is 19.9 Å². The van der Waals surface area contributed by atoms with Crippen LogP contribution in [0.3, 0.4) is 0 Å². The Morgan fingerprint density at radius 3 is 2.24 bits per heavy atom. The highest BCUT2D eigenvalue weighted by molar-refractivity contribution is 5.77. The first-order valence-electron chi connectivity index (χ1n) is 6.67. The van der Waals surface area contributed by atoms with Gasteiger partial charge in [0.1, 0.15) is 11.5 Å². The molecule has 0 fully saturated rings. The number of benzene rings is 1. The number of methoxy groups -OCH3 is 2. The largest absolute Gasteiger partial charge is 0.497 e. The summed E-state index contributed by atoms with van der Waals surface area (Å²) in [5.74, 6) is -0.350. The number of ether oxygens (including phenoxy) is 2. The summed E-state index contributed by atoms with van der Waals surface area (Å²) >= 11 is 0. The summed E-state index contributed by atoms with van der Waals surface area (Å²) in [7, 11) is 3.14. The van der Waals surface area contributed by atoms with Crippen LogP contribution in [0.5, 0.6) is 11.5 Å². The van der Waals surface area contributed by atoms with Crippen LogP contribution in [-0.2, 0) is 16.0 Å². The molecule has 1 amide bonds. The summed E-state index contributed by atoms with van der Waals surface area (Å²) in [6.07, 6.45) is 0.809. The number of hydrogen-bond acceptors (Lipinski definition) is 4. The molecule has 0 bridgehead atoms. The Kier molecular flexibility index (Phi) is 6.52. The van der Waals surface area contributed by atoms with Crippen LogP contribution in [-0.4, -0.2) is 37.7 Å². The summed E-state index contributed by atoms with van der Waals surface area (Å²) in [6.45, 7) is 1.69. The SMILES string of the molecule is COc1cc(CCC(=O)NCC(C)C(=O)O)cc(OC)c1. The van der Waals surface area contributed by atoms with Crippen LogP contribution in [0.2, 0.25) is 0 Å². The topological polar surface area (TPSA) is 84.9 Å². The number of hydrogen-bond donors (Lipinski definition) is 2. The van der Waals surface area contributed by atoms with Crippen LogP contribution in [0.4, 0.5) is 0 Å². The first kappa shape index (κ1) is 16.8. The Morgan fingerprint density at radius 2 is 1.76 bits per heavy atom. The van der Waals surface area contributed by atoms with Crippen molar-refractivity contribution < 1.29 is 24.2 Å². The number of carboxylic acid groups (broad SMARTS) is 1. The Morgan fingerprint density at radius 1 is 1.19 bits per heavy atom. The highest BCUT2D eigenvalue weighted by Gasteiger charge is 2.12. The maximum Gasteiger partial charge on any atom is 0.308 e. The van der Waals surface area contributed by atoms with Gasteiger partial charge in [0.15, 0.2) is 0 Å². The van der Waals surface area contributed by atoms with E-state index in [9.17, 15) is 9.59 Å². The molecule has 116 valence electrons. The molecule has 0 saturated heterocycles. The number of carbonyl (C=O) groups excluding carboxylic acids is 1. The minimum Gasteiger partial charge on any atom is -0.497 e. The maximum atomic E-state index is 11.7. The van der Waals surface area contributed by atoms with E-state index in [0.29, 0.717) is 17.9 Å². The maximum absolute atomic E-state index is 11.7. The van der Waals surface area contributed by atoms with Crippen molar-refractivity contribution in [1.82, 2.24) is 5.32 Å². The fraction of sp³-hybridized carbons (Fsp3) is 0.467. The van der Waals surface area contributed by atoms with Crippen LogP contribution in [0, 0.1) is 5.92 Å². The number of carboxylic acids is 1. The van der Waals surface area contributed by atoms with E-state index < -0.39 is 11.9 Å². The molecular formula is C15H21NO5. The Labute approximate surface area is 124 Å². The predicted octanol–water partition coefficient (Wildman–Crippen LogP) is 1.47. The lowest BCUT2D eigenvalue weighted by atomic mass is 10.1. The van der Waals surface area contributed by atoms with Gasteiger partial charge in [-0.25, -0.2) is 0 Å². The molecule has 2 N–H and O–H groups in total. The molecule has 1 aromatic rings. The van der Waals surface area contributed by atoms with Crippen LogP contribution < -0.4 is 14.8 Å². The molecule has 0 aliphatic carbocycles. The van der Waals surface area contributed by atoms with Crippen molar-refractivity contribution in [3.05, 3.63) is 23.8 Å². The van der Waals surface area contributed by atoms with Crippen molar-refractivity contribution in [2.45, 2.75) is 19.8 Å². The van der Waals surface area contributed by atoms with E-state index in [0.717, 1.165) is 5.56 Å². The van der Waals surface area contributed by atoms with Crippen LogP contribution in [0.25, 0.3) is 0 Å². The van der Waals surface area contributed by atoms with Gasteiger partial charge in [0.05, 0.1) is 20.1 Å². The van der Waals surface area contributed by atoms with Gasteiger partial charge in [-0.3, -0.25) is 9.59 Å². The first-order chi connectivity index (χ1) is 9.96. The van der Waals surface area contributed by atoms with Gasteiger partial charge in [0.2, 0.25) is 5.91 Å². The van der Waals surface area contributed by atoms with Crippen molar-refractivity contribution in [2.75, 3.05) is 20.8 Å². The number of aliphatic carboxylic acids is 1. The normalized spacial score (nSPS) is 11.6. The standard InChI is InChI=1S/C15H21NO5/c1-10(15(18)19)9-16-14(17)5-4-11-6-12(20-2)8-13(7-11)21-3/h6-8,10H,4-5,9H2,1-3H3,(H,16,17)(H,18,19). The lowest BCUT2D eigenvalue weighted by molar-refractivity contribution is -0.141. The van der Waals surface area contributed by atoms with Gasteiger partial charge in [-0.15, -0.1) is 0 Å². The summed E-state index contributed by atoms with van der Waals surface area (Å²) in [5, 5.41) is 11.3. The molecule has 0 saturated carbocycles. The first-order valence-corrected chi connectivity index (χ1v) is 6.67. The van der Waals surface area contributed by atoms with Crippen LogP contribution >= 0.6 is 0 Å². The summed E-state index contributed by atoms with van der Waals surface area (Å²) in [4.78, 5) is 22.3. The molecule has 0 aliphatic heterocycles. The monoisotopic (exact) mass is 295 g/mol. The predicted molar refractivity (Wildman–Crippen MR) is 77.7 cm³/mol. The minimum absolute atomic E-state index is 0.135. The fourth-order valence-corrected chi connectivity index (χ4v) is 1.71. The van der Waals surface area contributed by atoms with Gasteiger partial charge in [-0.1, -0.05) is 6.92 Å². The van der Waals surface area contributed by atoms with Crippen LogP contribution in [0.15, 0.2) is 18.2 Å². The Bertz CT molecular complexity index is 479. The number of rotatable bonds is 8. The molecule has 1 aromatic carbocycles. The number of amides is 1. The summed E-state index contributed by atoms with van der Waals surface area (Å²) < 4.78 is 10.3. The second kappa shape index (κ2) is 8.14. The second-order valence-electron chi connectivity index (χ2n) is 4.76. The Balaban J connectivity index is 2.51. The lowest BCUT2D eigenvalue weighted by Crippen LogP contribution is -2.31. The third-order valence-corrected chi connectivity index (χ3v) is 3.08. The molecule has 21 heavy (non-hydrogen) atoms. The molecule has 0 spiro atoms. The van der Waals surface area contributed by atoms with E-state index in [4.69, 9.17) is 14.6 Å². The van der Waals surface area contributed by atoms with Crippen molar-refractivity contribution >= 4 is 11.9 Å². The van der Waals surface area contributed by atoms with E-state index in [-0.39, 0.29) is 18.9 Å². The molecular weight excluding hydrogens is 274 g/mol. The van der Waals surface area contributed by atoms with Gasteiger partial charge in [0, 0.05) is 19.0 Å². The molecule has 0 heterocycles. The average Bonchev–Trinajstić information content (AvgIpc) is 2.49. The van der Waals surface area contributed by atoms with Gasteiger partial charge in [-0.05, 0) is 24.1 Å². The Hall–Kier alpha value is -2.24.